The van der Waals surface area contributed by atoms with E-state index >= 15 is 0 Å². The van der Waals surface area contributed by atoms with E-state index < -0.39 is 41.9 Å². The summed E-state index contributed by atoms with van der Waals surface area (Å²) in [5.41, 5.74) is -0.736. The summed E-state index contributed by atoms with van der Waals surface area (Å²) in [5, 5.41) is 9.79. The van der Waals surface area contributed by atoms with Crippen LogP contribution in [0.15, 0.2) is 86.0 Å². The third-order valence-corrected chi connectivity index (χ3v) is 6.65. The van der Waals surface area contributed by atoms with E-state index in [1.165, 1.54) is 60.7 Å². The quantitative estimate of drug-likeness (QED) is 0.0256. The predicted octanol–water partition coefficient (Wildman–Crippen LogP) is 6.60. The maximum atomic E-state index is 12.8. The number of ether oxygens (including phenoxy) is 8. The molecule has 0 N–H and O–H groups in total. The van der Waals surface area contributed by atoms with Gasteiger partial charge in [0.05, 0.1) is 50.2 Å². The minimum absolute atomic E-state index is 0.0120. The molecular weight excluding hydrogens is 708 g/mol. The number of hydrogen-bond donors (Lipinski definition) is 0. The van der Waals surface area contributed by atoms with E-state index in [1.54, 1.807) is 6.07 Å². The van der Waals surface area contributed by atoms with E-state index in [0.717, 1.165) is 12.2 Å². The first-order valence-electron chi connectivity index (χ1n) is 15.9. The van der Waals surface area contributed by atoms with Crippen LogP contribution < -0.4 is 18.9 Å². The van der Waals surface area contributed by atoms with Gasteiger partial charge >= 0.3 is 36.2 Å². The summed E-state index contributed by atoms with van der Waals surface area (Å²) in [4.78, 5) is 74.8. The van der Waals surface area contributed by atoms with Gasteiger partial charge in [0.2, 0.25) is 5.69 Å². The molecule has 0 saturated heterocycles. The van der Waals surface area contributed by atoms with Crippen LogP contribution in [-0.4, -0.2) is 62.6 Å². The zero-order chi connectivity index (χ0) is 39.3. The lowest BCUT2D eigenvalue weighted by molar-refractivity contribution is -0.138. The van der Waals surface area contributed by atoms with Crippen LogP contribution in [0.5, 0.6) is 23.0 Å². The molecule has 3 aromatic rings. The number of unbranched alkanes of at least 4 members (excludes halogenated alkanes) is 2. The highest BCUT2D eigenvalue weighted by atomic mass is 16.7. The van der Waals surface area contributed by atoms with Gasteiger partial charge in [-0.15, -0.1) is 0 Å². The van der Waals surface area contributed by atoms with E-state index in [0.29, 0.717) is 25.7 Å². The monoisotopic (exact) mass is 740 g/mol. The van der Waals surface area contributed by atoms with Crippen molar-refractivity contribution in [2.75, 3.05) is 26.4 Å². The molecule has 3 aromatic carbocycles. The zero-order valence-corrected chi connectivity index (χ0v) is 28.6. The minimum Gasteiger partial charge on any atom is -0.463 e. The maximum absolute atomic E-state index is 12.8. The molecule has 0 atom stereocenters. The fraction of sp³-hybridized carbons (Fsp3) is 0.211. The van der Waals surface area contributed by atoms with Gasteiger partial charge in [-0.3, -0.25) is 0 Å². The summed E-state index contributed by atoms with van der Waals surface area (Å²) in [6, 6.07) is 14.6. The average Bonchev–Trinajstić information content (AvgIpc) is 3.17. The highest BCUT2D eigenvalue weighted by Crippen LogP contribution is 2.38. The topological polar surface area (TPSA) is 204 Å². The lowest BCUT2D eigenvalue weighted by Crippen LogP contribution is -2.13. The van der Waals surface area contributed by atoms with Crippen LogP contribution in [0, 0.1) is 17.9 Å². The Morgan fingerprint density at radius 2 is 0.981 bits per heavy atom. The van der Waals surface area contributed by atoms with Gasteiger partial charge in [0.15, 0.2) is 0 Å². The first-order chi connectivity index (χ1) is 26.1. The second-order valence-corrected chi connectivity index (χ2v) is 10.4. The van der Waals surface area contributed by atoms with Crippen molar-refractivity contribution in [1.29, 1.82) is 5.26 Å². The van der Waals surface area contributed by atoms with Crippen molar-refractivity contribution in [3.05, 3.63) is 114 Å². The third kappa shape index (κ3) is 13.3. The van der Waals surface area contributed by atoms with Crippen molar-refractivity contribution in [2.24, 2.45) is 0 Å². The van der Waals surface area contributed by atoms with E-state index in [1.807, 2.05) is 0 Å². The molecule has 0 unspecified atom stereocenters. The minimum atomic E-state index is -0.987. The largest absolute Gasteiger partial charge is 0.513 e. The van der Waals surface area contributed by atoms with Gasteiger partial charge in [-0.25, -0.2) is 33.6 Å². The molecule has 0 radical (unpaired) electrons. The molecule has 16 nitrogen and oxygen atoms in total. The maximum Gasteiger partial charge on any atom is 0.513 e. The molecule has 0 aliphatic heterocycles. The van der Waals surface area contributed by atoms with E-state index in [9.17, 15) is 34.0 Å². The fourth-order valence-electron chi connectivity index (χ4n) is 4.01. The van der Waals surface area contributed by atoms with Gasteiger partial charge in [0.1, 0.15) is 28.6 Å². The van der Waals surface area contributed by atoms with Gasteiger partial charge in [-0.05, 0) is 86.3 Å². The molecule has 0 saturated carbocycles. The van der Waals surface area contributed by atoms with Gasteiger partial charge in [0, 0.05) is 12.2 Å². The summed E-state index contributed by atoms with van der Waals surface area (Å²) in [7, 11) is 0. The lowest BCUT2D eigenvalue weighted by atomic mass is 10.1. The van der Waals surface area contributed by atoms with Crippen LogP contribution in [0.25, 0.3) is 4.85 Å². The van der Waals surface area contributed by atoms with Gasteiger partial charge in [0.25, 0.3) is 0 Å². The van der Waals surface area contributed by atoms with Crippen molar-refractivity contribution in [1.82, 2.24) is 0 Å². The van der Waals surface area contributed by atoms with E-state index in [4.69, 9.17) is 44.5 Å². The Labute approximate surface area is 308 Å². The summed E-state index contributed by atoms with van der Waals surface area (Å²) >= 11 is 0. The number of nitriles is 1. The first-order valence-corrected chi connectivity index (χ1v) is 15.9. The lowest BCUT2D eigenvalue weighted by Gasteiger charge is -2.12. The van der Waals surface area contributed by atoms with Crippen LogP contribution in [0.1, 0.15) is 52.0 Å². The normalized spacial score (nSPS) is 9.89. The number of benzene rings is 3. The molecule has 278 valence electrons. The van der Waals surface area contributed by atoms with Crippen LogP contribution in [0.3, 0.4) is 0 Å². The second kappa shape index (κ2) is 21.7. The number of hydrogen-bond acceptors (Lipinski definition) is 15. The molecule has 0 aliphatic rings. The Balaban J connectivity index is 1.52. The number of carbonyl (C=O) groups is 6. The SMILES string of the molecule is [C-]#[N+]c1c(OC(=O)c2ccc(OC(=O)OCCCCOC(=O)C=C)cc2)ccc(OC(=O)c2ccc(OC(=O)OCCCCOC(=O)C=C)cc2)c1C#N. The summed E-state index contributed by atoms with van der Waals surface area (Å²) < 4.78 is 40.4. The smallest absolute Gasteiger partial charge is 0.463 e. The van der Waals surface area contributed by atoms with E-state index in [-0.39, 0.29) is 66.1 Å². The molecule has 54 heavy (non-hydrogen) atoms. The molecule has 0 aliphatic carbocycles. The molecule has 0 aromatic heterocycles. The van der Waals surface area contributed by atoms with Crippen molar-refractivity contribution < 1.29 is 66.7 Å². The van der Waals surface area contributed by atoms with Crippen molar-refractivity contribution in [2.45, 2.75) is 25.7 Å². The van der Waals surface area contributed by atoms with Crippen LogP contribution in [-0.2, 0) is 28.5 Å². The molecular formula is C38H32N2O14. The Kier molecular flexibility index (Phi) is 16.5. The van der Waals surface area contributed by atoms with Crippen molar-refractivity contribution >= 4 is 41.9 Å². The summed E-state index contributed by atoms with van der Waals surface area (Å²) in [6.07, 6.45) is 1.86. The van der Waals surface area contributed by atoms with Gasteiger partial charge in [-0.1, -0.05) is 13.2 Å². The molecule has 0 spiro atoms. The summed E-state index contributed by atoms with van der Waals surface area (Å²) in [6.45, 7) is 14.5. The molecule has 0 amide bonds. The molecule has 16 heteroatoms. The zero-order valence-electron chi connectivity index (χ0n) is 28.6. The second-order valence-electron chi connectivity index (χ2n) is 10.4. The number of carbonyl (C=O) groups excluding carboxylic acids is 6. The highest BCUT2D eigenvalue weighted by Gasteiger charge is 2.22. The van der Waals surface area contributed by atoms with Gasteiger partial charge < -0.3 is 37.9 Å². The standard InChI is InChI=1S/C38H32N2O14/c1-4-32(41)47-20-6-8-22-49-37(45)51-27-14-10-25(11-15-27)35(43)53-30-18-19-31(34(40-3)29(30)24-39)54-36(44)26-12-16-28(17-13-26)52-38(46)50-23-9-7-21-48-33(42)5-2/h4-5,10-19H,1-2,6-9,20-23H2. The van der Waals surface area contributed by atoms with E-state index in [2.05, 4.69) is 18.0 Å². The Hall–Kier alpha value is -7.46. The van der Waals surface area contributed by atoms with Crippen LogP contribution >= 0.6 is 0 Å². The number of nitrogens with zero attached hydrogens (tertiary/aromatic N) is 2. The molecule has 3 rings (SSSR count). The Morgan fingerprint density at radius 3 is 1.37 bits per heavy atom. The number of rotatable bonds is 18. The highest BCUT2D eigenvalue weighted by molar-refractivity contribution is 5.94. The first kappa shape index (κ1) is 41.0. The third-order valence-electron chi connectivity index (χ3n) is 6.65. The molecule has 0 bridgehead atoms. The van der Waals surface area contributed by atoms with Crippen LogP contribution in [0.4, 0.5) is 15.3 Å². The van der Waals surface area contributed by atoms with Crippen LogP contribution in [0.2, 0.25) is 0 Å². The van der Waals surface area contributed by atoms with Crippen molar-refractivity contribution in [3.63, 3.8) is 0 Å². The predicted molar refractivity (Wildman–Crippen MR) is 185 cm³/mol. The fourth-order valence-corrected chi connectivity index (χ4v) is 4.01. The molecule has 0 fully saturated rings. The van der Waals surface area contributed by atoms with Gasteiger partial charge in [-0.2, -0.15) is 5.26 Å². The Bertz CT molecular complexity index is 1800. The number of esters is 4. The van der Waals surface area contributed by atoms with Crippen molar-refractivity contribution in [3.8, 4) is 29.1 Å². The Morgan fingerprint density at radius 1 is 0.593 bits per heavy atom. The molecule has 0 heterocycles. The summed E-state index contributed by atoms with van der Waals surface area (Å²) in [5.74, 6) is -3.34. The average molecular weight is 741 g/mol.